The molecule has 2 aromatic rings. The van der Waals surface area contributed by atoms with Gasteiger partial charge in [-0.3, -0.25) is 4.79 Å². The van der Waals surface area contributed by atoms with Crippen LogP contribution >= 0.6 is 0 Å². The molecule has 1 saturated heterocycles. The van der Waals surface area contributed by atoms with Crippen LogP contribution in [0.1, 0.15) is 50.9 Å². The summed E-state index contributed by atoms with van der Waals surface area (Å²) >= 11 is 0. The maximum absolute atomic E-state index is 12.2. The lowest BCUT2D eigenvalue weighted by Gasteiger charge is -2.27. The van der Waals surface area contributed by atoms with E-state index in [1.807, 2.05) is 24.3 Å². The Balaban J connectivity index is 1.89. The van der Waals surface area contributed by atoms with Crippen LogP contribution in [-0.2, 0) is 0 Å². The lowest BCUT2D eigenvalue weighted by molar-refractivity contribution is -0.931. The molecule has 3 rings (SSSR count). The number of hydrogen-bond donors (Lipinski definition) is 2. The minimum Gasteiger partial charge on any atom is -0.326 e. The number of aromatic nitrogens is 2. The number of benzene rings is 1. The first-order valence-corrected chi connectivity index (χ1v) is 8.09. The number of H-pyrrole nitrogens is 1. The van der Waals surface area contributed by atoms with Gasteiger partial charge in [-0.1, -0.05) is 18.6 Å². The van der Waals surface area contributed by atoms with Crippen molar-refractivity contribution in [2.75, 3.05) is 13.1 Å². The number of aromatic amines is 1. The number of nitrogens with one attached hydrogen (secondary N) is 2. The second kappa shape index (κ2) is 6.39. The predicted molar refractivity (Wildman–Crippen MR) is 84.6 cm³/mol. The van der Waals surface area contributed by atoms with Crippen LogP contribution in [0, 0.1) is 0 Å². The number of quaternary nitrogens is 1. The topological polar surface area (TPSA) is 50.2 Å². The standard InChI is InChI=1S/C17H23N3O/c1-13(20-11-7-3-2-4-8-12-20)16-18-15-10-6-5-9-14(15)17(21)19-16/h5-6,9-10,13H,2-4,7-8,11-12H2,1H3,(H,18,19,21)/p+1/t13-/m0/s1. The molecule has 2 N–H and O–H groups in total. The van der Waals surface area contributed by atoms with E-state index in [4.69, 9.17) is 0 Å². The minimum absolute atomic E-state index is 0.0195. The average Bonchev–Trinajstić information content (AvgIpc) is 2.46. The van der Waals surface area contributed by atoms with Gasteiger partial charge in [0, 0.05) is 0 Å². The molecular weight excluding hydrogens is 262 g/mol. The first kappa shape index (κ1) is 14.3. The van der Waals surface area contributed by atoms with Crippen LogP contribution in [0.25, 0.3) is 10.9 Å². The fourth-order valence-corrected chi connectivity index (χ4v) is 3.30. The van der Waals surface area contributed by atoms with Gasteiger partial charge in [0.2, 0.25) is 0 Å². The molecule has 0 bridgehead atoms. The molecule has 112 valence electrons. The van der Waals surface area contributed by atoms with Crippen molar-refractivity contribution in [2.24, 2.45) is 0 Å². The van der Waals surface area contributed by atoms with E-state index < -0.39 is 0 Å². The number of nitrogens with zero attached hydrogens (tertiary/aromatic N) is 1. The lowest BCUT2D eigenvalue weighted by atomic mass is 10.1. The van der Waals surface area contributed by atoms with Crippen LogP contribution < -0.4 is 10.5 Å². The van der Waals surface area contributed by atoms with Gasteiger partial charge < -0.3 is 9.88 Å². The van der Waals surface area contributed by atoms with Crippen molar-refractivity contribution >= 4 is 10.9 Å². The van der Waals surface area contributed by atoms with Gasteiger partial charge in [0.05, 0.1) is 24.0 Å². The number of hydrogen-bond acceptors (Lipinski definition) is 2. The molecule has 0 spiro atoms. The zero-order chi connectivity index (χ0) is 14.7. The third kappa shape index (κ3) is 3.16. The van der Waals surface area contributed by atoms with E-state index in [1.54, 1.807) is 4.90 Å². The summed E-state index contributed by atoms with van der Waals surface area (Å²) in [7, 11) is 0. The van der Waals surface area contributed by atoms with E-state index in [0.717, 1.165) is 11.3 Å². The number of para-hydroxylation sites is 1. The van der Waals surface area contributed by atoms with E-state index >= 15 is 0 Å². The summed E-state index contributed by atoms with van der Waals surface area (Å²) in [5, 5.41) is 0.677. The van der Waals surface area contributed by atoms with Crippen LogP contribution in [-0.4, -0.2) is 23.1 Å². The largest absolute Gasteiger partial charge is 0.326 e. The lowest BCUT2D eigenvalue weighted by Crippen LogP contribution is -3.12. The second-order valence-electron chi connectivity index (χ2n) is 6.12. The molecule has 0 unspecified atom stereocenters. The molecule has 1 aromatic carbocycles. The molecule has 0 radical (unpaired) electrons. The Labute approximate surface area is 125 Å². The van der Waals surface area contributed by atoms with Crippen molar-refractivity contribution in [2.45, 2.75) is 45.1 Å². The number of rotatable bonds is 2. The molecule has 0 amide bonds. The highest BCUT2D eigenvalue weighted by atomic mass is 16.1. The fraction of sp³-hybridized carbons (Fsp3) is 0.529. The van der Waals surface area contributed by atoms with E-state index in [2.05, 4.69) is 16.9 Å². The van der Waals surface area contributed by atoms with Gasteiger partial charge in [0.25, 0.3) is 5.56 Å². The minimum atomic E-state index is -0.0195. The van der Waals surface area contributed by atoms with E-state index in [0.29, 0.717) is 5.39 Å². The molecule has 0 saturated carbocycles. The van der Waals surface area contributed by atoms with Crippen LogP contribution in [0.4, 0.5) is 0 Å². The molecule has 1 fully saturated rings. The van der Waals surface area contributed by atoms with Crippen LogP contribution in [0.5, 0.6) is 0 Å². The van der Waals surface area contributed by atoms with Gasteiger partial charge in [-0.15, -0.1) is 0 Å². The first-order valence-electron chi connectivity index (χ1n) is 8.09. The Morgan fingerprint density at radius 2 is 1.76 bits per heavy atom. The van der Waals surface area contributed by atoms with Gasteiger partial charge in [0.1, 0.15) is 6.04 Å². The SMILES string of the molecule is C[C@@H](c1nc2ccccc2c(=O)[nH]1)[NH+]1CCCCCCC1. The maximum Gasteiger partial charge on any atom is 0.258 e. The van der Waals surface area contributed by atoms with E-state index in [1.165, 1.54) is 45.2 Å². The van der Waals surface area contributed by atoms with Crippen molar-refractivity contribution < 1.29 is 4.90 Å². The van der Waals surface area contributed by atoms with Gasteiger partial charge in [-0.2, -0.15) is 0 Å². The highest BCUT2D eigenvalue weighted by Gasteiger charge is 2.22. The Morgan fingerprint density at radius 1 is 1.10 bits per heavy atom. The van der Waals surface area contributed by atoms with E-state index in [9.17, 15) is 4.79 Å². The fourth-order valence-electron chi connectivity index (χ4n) is 3.30. The highest BCUT2D eigenvalue weighted by molar-refractivity contribution is 5.77. The van der Waals surface area contributed by atoms with Crippen molar-refractivity contribution in [3.8, 4) is 0 Å². The highest BCUT2D eigenvalue weighted by Crippen LogP contribution is 2.10. The monoisotopic (exact) mass is 286 g/mol. The normalized spacial score (nSPS) is 19.1. The molecule has 4 heteroatoms. The summed E-state index contributed by atoms with van der Waals surface area (Å²) in [4.78, 5) is 21.4. The molecule has 21 heavy (non-hydrogen) atoms. The molecule has 1 atom stereocenters. The third-order valence-corrected chi connectivity index (χ3v) is 4.65. The van der Waals surface area contributed by atoms with Crippen LogP contribution in [0.3, 0.4) is 0 Å². The molecule has 1 aromatic heterocycles. The Morgan fingerprint density at radius 3 is 2.52 bits per heavy atom. The summed E-state index contributed by atoms with van der Waals surface area (Å²) < 4.78 is 0. The van der Waals surface area contributed by atoms with E-state index in [-0.39, 0.29) is 11.6 Å². The van der Waals surface area contributed by atoms with Gasteiger partial charge in [-0.05, 0) is 44.7 Å². The summed E-state index contributed by atoms with van der Waals surface area (Å²) in [6.07, 6.45) is 6.58. The van der Waals surface area contributed by atoms with Crippen molar-refractivity contribution in [3.05, 3.63) is 40.4 Å². The quantitative estimate of drug-likeness (QED) is 0.885. The zero-order valence-corrected chi connectivity index (χ0v) is 12.7. The van der Waals surface area contributed by atoms with Crippen LogP contribution in [0.15, 0.2) is 29.1 Å². The Bertz CT molecular complexity index is 656. The number of fused-ring (bicyclic) bond motifs is 1. The molecule has 1 aliphatic heterocycles. The van der Waals surface area contributed by atoms with Crippen molar-refractivity contribution in [1.29, 1.82) is 0 Å². The van der Waals surface area contributed by atoms with Crippen LogP contribution in [0.2, 0.25) is 0 Å². The Hall–Kier alpha value is -1.68. The summed E-state index contributed by atoms with van der Waals surface area (Å²) in [6, 6.07) is 7.82. The van der Waals surface area contributed by atoms with Gasteiger partial charge >= 0.3 is 0 Å². The summed E-state index contributed by atoms with van der Waals surface area (Å²) in [6.45, 7) is 4.54. The summed E-state index contributed by atoms with van der Waals surface area (Å²) in [5.41, 5.74) is 0.781. The molecule has 1 aliphatic rings. The zero-order valence-electron chi connectivity index (χ0n) is 12.7. The molecule has 2 heterocycles. The van der Waals surface area contributed by atoms with Crippen molar-refractivity contribution in [3.63, 3.8) is 0 Å². The van der Waals surface area contributed by atoms with Crippen molar-refractivity contribution in [1.82, 2.24) is 9.97 Å². The van der Waals surface area contributed by atoms with Gasteiger partial charge in [0.15, 0.2) is 5.82 Å². The molecule has 0 aliphatic carbocycles. The third-order valence-electron chi connectivity index (χ3n) is 4.65. The Kier molecular flexibility index (Phi) is 4.34. The maximum atomic E-state index is 12.2. The molecule has 4 nitrogen and oxygen atoms in total. The number of likely N-dealkylation sites (tertiary alicyclic amines) is 1. The van der Waals surface area contributed by atoms with Gasteiger partial charge in [-0.25, -0.2) is 4.98 Å². The summed E-state index contributed by atoms with van der Waals surface area (Å²) in [5.74, 6) is 0.828. The average molecular weight is 286 g/mol. The predicted octanol–water partition coefficient (Wildman–Crippen LogP) is 1.83. The second-order valence-corrected chi connectivity index (χ2v) is 6.12. The molecular formula is C17H24N3O+. The smallest absolute Gasteiger partial charge is 0.258 e. The first-order chi connectivity index (χ1) is 10.3.